The number of carbonyl (C=O) groups excluding carboxylic acids is 1. The standard InChI is InChI=1S/C15H28N2O3/c1-3-17(13-8-5-4-6-9-13)14(18)12-16(2)11-7-10-15(19)20/h13H,3-12H2,1-2H3,(H,19,20). The fraction of sp³-hybridized carbons (Fsp3) is 0.867. The van der Waals surface area contributed by atoms with Gasteiger partial charge in [0.2, 0.25) is 5.91 Å². The Morgan fingerprint density at radius 2 is 1.85 bits per heavy atom. The van der Waals surface area contributed by atoms with Gasteiger partial charge in [-0.05, 0) is 39.8 Å². The fourth-order valence-corrected chi connectivity index (χ4v) is 2.93. The maximum absolute atomic E-state index is 12.3. The number of carboxylic acids is 1. The van der Waals surface area contributed by atoms with Crippen LogP contribution in [0.5, 0.6) is 0 Å². The molecule has 0 bridgehead atoms. The molecule has 1 rings (SSSR count). The number of amides is 1. The van der Waals surface area contributed by atoms with E-state index in [1.807, 2.05) is 23.8 Å². The number of carbonyl (C=O) groups is 2. The normalized spacial score (nSPS) is 16.4. The van der Waals surface area contributed by atoms with Crippen molar-refractivity contribution in [1.29, 1.82) is 0 Å². The number of nitrogens with zero attached hydrogens (tertiary/aromatic N) is 2. The molecule has 1 aliphatic rings. The van der Waals surface area contributed by atoms with Gasteiger partial charge in [0.25, 0.3) is 0 Å². The second-order valence-corrected chi connectivity index (χ2v) is 5.71. The van der Waals surface area contributed by atoms with Crippen LogP contribution >= 0.6 is 0 Å². The minimum Gasteiger partial charge on any atom is -0.481 e. The first kappa shape index (κ1) is 17.0. The van der Waals surface area contributed by atoms with E-state index in [-0.39, 0.29) is 12.3 Å². The van der Waals surface area contributed by atoms with Gasteiger partial charge in [-0.25, -0.2) is 0 Å². The average Bonchev–Trinajstić information content (AvgIpc) is 2.40. The second-order valence-electron chi connectivity index (χ2n) is 5.71. The van der Waals surface area contributed by atoms with E-state index in [1.54, 1.807) is 0 Å². The van der Waals surface area contributed by atoms with Crippen LogP contribution in [0.3, 0.4) is 0 Å². The molecule has 0 saturated heterocycles. The molecule has 0 unspecified atom stereocenters. The molecule has 5 nitrogen and oxygen atoms in total. The van der Waals surface area contributed by atoms with Gasteiger partial charge in [0.05, 0.1) is 6.54 Å². The van der Waals surface area contributed by atoms with Gasteiger partial charge in [0, 0.05) is 19.0 Å². The zero-order chi connectivity index (χ0) is 15.0. The molecule has 0 aliphatic heterocycles. The predicted molar refractivity (Wildman–Crippen MR) is 78.6 cm³/mol. The lowest BCUT2D eigenvalue weighted by atomic mass is 9.94. The van der Waals surface area contributed by atoms with E-state index in [2.05, 4.69) is 0 Å². The summed E-state index contributed by atoms with van der Waals surface area (Å²) in [5.41, 5.74) is 0. The first-order chi connectivity index (χ1) is 9.54. The number of aliphatic carboxylic acids is 1. The number of rotatable bonds is 8. The van der Waals surface area contributed by atoms with Crippen molar-refractivity contribution in [3.8, 4) is 0 Å². The first-order valence-electron chi connectivity index (χ1n) is 7.74. The Bertz CT molecular complexity index is 314. The molecule has 20 heavy (non-hydrogen) atoms. The monoisotopic (exact) mass is 284 g/mol. The third-order valence-corrected chi connectivity index (χ3v) is 4.01. The van der Waals surface area contributed by atoms with Crippen molar-refractivity contribution in [3.05, 3.63) is 0 Å². The molecule has 1 N–H and O–H groups in total. The molecule has 1 saturated carbocycles. The Morgan fingerprint density at radius 1 is 1.20 bits per heavy atom. The second kappa shape index (κ2) is 8.95. The lowest BCUT2D eigenvalue weighted by Crippen LogP contribution is -2.45. The highest BCUT2D eigenvalue weighted by molar-refractivity contribution is 5.78. The van der Waals surface area contributed by atoms with Crippen molar-refractivity contribution >= 4 is 11.9 Å². The third-order valence-electron chi connectivity index (χ3n) is 4.01. The molecule has 0 aromatic carbocycles. The molecule has 116 valence electrons. The van der Waals surface area contributed by atoms with Gasteiger partial charge in [0.1, 0.15) is 0 Å². The zero-order valence-electron chi connectivity index (χ0n) is 12.8. The summed E-state index contributed by atoms with van der Waals surface area (Å²) in [5, 5.41) is 8.61. The van der Waals surface area contributed by atoms with Gasteiger partial charge in [-0.1, -0.05) is 19.3 Å². The number of likely N-dealkylation sites (N-methyl/N-ethyl adjacent to an activating group) is 2. The Morgan fingerprint density at radius 3 is 2.40 bits per heavy atom. The third kappa shape index (κ3) is 5.90. The Kier molecular flexibility index (Phi) is 7.59. The van der Waals surface area contributed by atoms with Crippen molar-refractivity contribution in [2.24, 2.45) is 0 Å². The molecule has 1 amide bonds. The van der Waals surface area contributed by atoms with Crippen LogP contribution in [0.2, 0.25) is 0 Å². The van der Waals surface area contributed by atoms with Gasteiger partial charge >= 0.3 is 5.97 Å². The molecular formula is C15H28N2O3. The summed E-state index contributed by atoms with van der Waals surface area (Å²) in [6, 6.07) is 0.411. The predicted octanol–water partition coefficient (Wildman–Crippen LogP) is 1.96. The lowest BCUT2D eigenvalue weighted by Gasteiger charge is -2.34. The van der Waals surface area contributed by atoms with E-state index in [4.69, 9.17) is 5.11 Å². The smallest absolute Gasteiger partial charge is 0.303 e. The van der Waals surface area contributed by atoms with Crippen LogP contribution in [0.15, 0.2) is 0 Å². The largest absolute Gasteiger partial charge is 0.481 e. The van der Waals surface area contributed by atoms with E-state index >= 15 is 0 Å². The van der Waals surface area contributed by atoms with Crippen LogP contribution in [0.25, 0.3) is 0 Å². The van der Waals surface area contributed by atoms with Crippen LogP contribution in [0, 0.1) is 0 Å². The van der Waals surface area contributed by atoms with E-state index < -0.39 is 5.97 Å². The Balaban J connectivity index is 2.35. The molecule has 0 atom stereocenters. The van der Waals surface area contributed by atoms with Crippen molar-refractivity contribution in [2.45, 2.75) is 57.9 Å². The van der Waals surface area contributed by atoms with Gasteiger partial charge < -0.3 is 10.0 Å². The summed E-state index contributed by atoms with van der Waals surface area (Å²) >= 11 is 0. The Labute approximate surface area is 121 Å². The SMILES string of the molecule is CCN(C(=O)CN(C)CCCC(=O)O)C1CCCCC1. The van der Waals surface area contributed by atoms with Crippen LogP contribution in [-0.4, -0.2) is 59.5 Å². The van der Waals surface area contributed by atoms with Gasteiger partial charge in [-0.2, -0.15) is 0 Å². The first-order valence-corrected chi connectivity index (χ1v) is 7.74. The molecule has 5 heteroatoms. The van der Waals surface area contributed by atoms with Crippen LogP contribution in [0.1, 0.15) is 51.9 Å². The maximum atomic E-state index is 12.3. The lowest BCUT2D eigenvalue weighted by molar-refractivity contribution is -0.137. The number of carboxylic acid groups (broad SMARTS) is 1. The summed E-state index contributed by atoms with van der Waals surface area (Å²) < 4.78 is 0. The molecule has 0 aromatic rings. The highest BCUT2D eigenvalue weighted by Crippen LogP contribution is 2.22. The summed E-state index contributed by atoms with van der Waals surface area (Å²) in [6.07, 6.45) is 6.75. The molecular weight excluding hydrogens is 256 g/mol. The summed E-state index contributed by atoms with van der Waals surface area (Å²) in [4.78, 5) is 26.8. The van der Waals surface area contributed by atoms with Gasteiger partial charge in [0.15, 0.2) is 0 Å². The molecule has 1 fully saturated rings. The zero-order valence-corrected chi connectivity index (χ0v) is 12.8. The van der Waals surface area contributed by atoms with Crippen LogP contribution in [-0.2, 0) is 9.59 Å². The minimum atomic E-state index is -0.776. The number of hydrogen-bond donors (Lipinski definition) is 1. The molecule has 0 radical (unpaired) electrons. The molecule has 1 aliphatic carbocycles. The minimum absolute atomic E-state index is 0.165. The topological polar surface area (TPSA) is 60.9 Å². The highest BCUT2D eigenvalue weighted by atomic mass is 16.4. The van der Waals surface area contributed by atoms with Crippen molar-refractivity contribution in [1.82, 2.24) is 9.80 Å². The van der Waals surface area contributed by atoms with Crippen molar-refractivity contribution in [3.63, 3.8) is 0 Å². The highest BCUT2D eigenvalue weighted by Gasteiger charge is 2.24. The fourth-order valence-electron chi connectivity index (χ4n) is 2.93. The van der Waals surface area contributed by atoms with E-state index in [9.17, 15) is 9.59 Å². The summed E-state index contributed by atoms with van der Waals surface area (Å²) in [5.74, 6) is -0.598. The maximum Gasteiger partial charge on any atom is 0.303 e. The molecule has 0 spiro atoms. The number of hydrogen-bond acceptors (Lipinski definition) is 3. The molecule has 0 aromatic heterocycles. The van der Waals surface area contributed by atoms with Crippen molar-refractivity contribution in [2.75, 3.05) is 26.7 Å². The quantitative estimate of drug-likeness (QED) is 0.740. The van der Waals surface area contributed by atoms with Crippen molar-refractivity contribution < 1.29 is 14.7 Å². The van der Waals surface area contributed by atoms with Gasteiger partial charge in [-0.3, -0.25) is 14.5 Å². The summed E-state index contributed by atoms with van der Waals surface area (Å²) in [6.45, 7) is 3.85. The van der Waals surface area contributed by atoms with Crippen LogP contribution in [0.4, 0.5) is 0 Å². The van der Waals surface area contributed by atoms with E-state index in [0.29, 0.717) is 25.6 Å². The van der Waals surface area contributed by atoms with Gasteiger partial charge in [-0.15, -0.1) is 0 Å². The Hall–Kier alpha value is -1.10. The summed E-state index contributed by atoms with van der Waals surface area (Å²) in [7, 11) is 1.88. The van der Waals surface area contributed by atoms with Crippen LogP contribution < -0.4 is 0 Å². The molecule has 0 heterocycles. The van der Waals surface area contributed by atoms with E-state index in [0.717, 1.165) is 19.4 Å². The van der Waals surface area contributed by atoms with E-state index in [1.165, 1.54) is 19.3 Å². The average molecular weight is 284 g/mol.